The molecule has 35 heavy (non-hydrogen) atoms. The van der Waals surface area contributed by atoms with Crippen LogP contribution in [0.4, 0.5) is 0 Å². The number of rotatable bonds is 11. The molecular formula is C31H46O4. The van der Waals surface area contributed by atoms with E-state index >= 15 is 0 Å². The maximum atomic E-state index is 13.2. The fourth-order valence-corrected chi connectivity index (χ4v) is 4.69. The number of carbonyl (C=O) groups excluding carboxylic acids is 1. The maximum Gasteiger partial charge on any atom is 0.173 e. The topological polar surface area (TPSA) is 66.8 Å². The van der Waals surface area contributed by atoms with Crippen molar-refractivity contribution in [3.8, 4) is 17.2 Å². The van der Waals surface area contributed by atoms with Crippen LogP contribution in [-0.2, 0) is 6.42 Å². The number of allylic oxidation sites excluding steroid dienone is 6. The van der Waals surface area contributed by atoms with E-state index in [1.807, 2.05) is 13.8 Å². The van der Waals surface area contributed by atoms with Crippen molar-refractivity contribution in [2.45, 2.75) is 106 Å². The van der Waals surface area contributed by atoms with Crippen LogP contribution >= 0.6 is 0 Å². The van der Waals surface area contributed by atoms with Gasteiger partial charge in [-0.05, 0) is 86.5 Å². The summed E-state index contributed by atoms with van der Waals surface area (Å²) >= 11 is 0. The van der Waals surface area contributed by atoms with E-state index < -0.39 is 5.60 Å². The molecule has 194 valence electrons. The first-order valence-corrected chi connectivity index (χ1v) is 13.1. The highest BCUT2D eigenvalue weighted by Crippen LogP contribution is 2.49. The molecule has 1 heterocycles. The van der Waals surface area contributed by atoms with E-state index in [0.29, 0.717) is 24.2 Å². The number of Topliss-reactive ketones (excluding diaryl/α,β-unsaturated/α-hetero) is 1. The highest BCUT2D eigenvalue weighted by atomic mass is 16.5. The standard InChI is InChI=1S/C31H46O4/c1-9-23(7)29(34)28-27(33)19-26(32)25-18-24(16-15-21(4)5)31(8,35-30(25)28)17-11-14-22(6)13-10-12-20(2)3/h12,14-15,19,23-24,32-33H,9-11,13,16-18H2,1-8H3/b22-14+/t23-,24-,31+/m0/s1. The Morgan fingerprint density at radius 2 is 1.74 bits per heavy atom. The molecule has 1 aliphatic rings. The summed E-state index contributed by atoms with van der Waals surface area (Å²) in [6.45, 7) is 16.5. The lowest BCUT2D eigenvalue weighted by Crippen LogP contribution is -2.45. The van der Waals surface area contributed by atoms with E-state index in [4.69, 9.17) is 4.74 Å². The van der Waals surface area contributed by atoms with Crippen molar-refractivity contribution in [1.29, 1.82) is 0 Å². The number of ether oxygens (including phenoxy) is 1. The van der Waals surface area contributed by atoms with E-state index in [-0.39, 0.29) is 34.7 Å². The molecule has 0 spiro atoms. The Morgan fingerprint density at radius 1 is 1.09 bits per heavy atom. The Hall–Kier alpha value is -2.49. The van der Waals surface area contributed by atoms with E-state index in [1.54, 1.807) is 0 Å². The van der Waals surface area contributed by atoms with Gasteiger partial charge < -0.3 is 14.9 Å². The second kappa shape index (κ2) is 12.5. The predicted octanol–water partition coefficient (Wildman–Crippen LogP) is 8.47. The van der Waals surface area contributed by atoms with Crippen molar-refractivity contribution in [2.75, 3.05) is 0 Å². The zero-order chi connectivity index (χ0) is 26.3. The Bertz CT molecular complexity index is 990. The fraction of sp³-hybridized carbons (Fsp3) is 0.581. The molecule has 2 N–H and O–H groups in total. The van der Waals surface area contributed by atoms with Crippen LogP contribution in [0.5, 0.6) is 17.2 Å². The maximum absolute atomic E-state index is 13.2. The molecule has 1 aromatic carbocycles. The average molecular weight is 483 g/mol. The third kappa shape index (κ3) is 7.49. The SMILES string of the molecule is CC[C@H](C)C(=O)c1c(O)cc(O)c2c1O[C@](C)(CC/C=C(\C)CCC=C(C)C)[C@@H](CC=C(C)C)C2. The monoisotopic (exact) mass is 482 g/mol. The minimum absolute atomic E-state index is 0.00235. The van der Waals surface area contributed by atoms with Crippen molar-refractivity contribution in [1.82, 2.24) is 0 Å². The molecule has 3 atom stereocenters. The van der Waals surface area contributed by atoms with Crippen LogP contribution in [0.2, 0.25) is 0 Å². The predicted molar refractivity (Wildman–Crippen MR) is 145 cm³/mol. The number of carbonyl (C=O) groups is 1. The van der Waals surface area contributed by atoms with Crippen molar-refractivity contribution >= 4 is 5.78 Å². The van der Waals surface area contributed by atoms with E-state index in [1.165, 1.54) is 22.8 Å². The Labute approximate surface area is 212 Å². The summed E-state index contributed by atoms with van der Waals surface area (Å²) < 4.78 is 6.66. The number of fused-ring (bicyclic) bond motifs is 1. The van der Waals surface area contributed by atoms with Crippen LogP contribution in [0.15, 0.2) is 41.0 Å². The third-order valence-corrected chi connectivity index (χ3v) is 7.33. The van der Waals surface area contributed by atoms with E-state index in [9.17, 15) is 15.0 Å². The zero-order valence-corrected chi connectivity index (χ0v) is 23.1. The van der Waals surface area contributed by atoms with Crippen molar-refractivity contribution in [3.63, 3.8) is 0 Å². The first-order valence-electron chi connectivity index (χ1n) is 13.1. The number of phenolic OH excluding ortho intramolecular Hbond substituents is 2. The van der Waals surface area contributed by atoms with Gasteiger partial charge in [-0.1, -0.05) is 48.8 Å². The summed E-state index contributed by atoms with van der Waals surface area (Å²) in [5, 5.41) is 21.4. The van der Waals surface area contributed by atoms with Crippen LogP contribution in [0.3, 0.4) is 0 Å². The second-order valence-electron chi connectivity index (χ2n) is 11.0. The summed E-state index contributed by atoms with van der Waals surface area (Å²) in [4.78, 5) is 13.2. The Morgan fingerprint density at radius 3 is 2.34 bits per heavy atom. The molecule has 4 nitrogen and oxygen atoms in total. The van der Waals surface area contributed by atoms with Crippen LogP contribution in [-0.4, -0.2) is 21.6 Å². The van der Waals surface area contributed by atoms with Gasteiger partial charge in [-0.25, -0.2) is 0 Å². The third-order valence-electron chi connectivity index (χ3n) is 7.33. The minimum atomic E-state index is -0.527. The molecular weight excluding hydrogens is 436 g/mol. The minimum Gasteiger partial charge on any atom is -0.507 e. The Kier molecular flexibility index (Phi) is 10.2. The fourth-order valence-electron chi connectivity index (χ4n) is 4.69. The van der Waals surface area contributed by atoms with Gasteiger partial charge in [-0.2, -0.15) is 0 Å². The molecule has 0 bridgehead atoms. The summed E-state index contributed by atoms with van der Waals surface area (Å²) in [5.74, 6) is -0.0658. The van der Waals surface area contributed by atoms with Crippen LogP contribution in [0.25, 0.3) is 0 Å². The molecule has 0 unspecified atom stereocenters. The van der Waals surface area contributed by atoms with Gasteiger partial charge in [0.05, 0.1) is 0 Å². The van der Waals surface area contributed by atoms with Crippen LogP contribution in [0.1, 0.15) is 110 Å². The molecule has 2 rings (SSSR count). The van der Waals surface area contributed by atoms with Gasteiger partial charge in [0.2, 0.25) is 0 Å². The lowest BCUT2D eigenvalue weighted by Gasteiger charge is -2.43. The zero-order valence-electron chi connectivity index (χ0n) is 23.1. The number of hydrogen-bond donors (Lipinski definition) is 2. The van der Waals surface area contributed by atoms with E-state index in [2.05, 4.69) is 59.8 Å². The number of benzene rings is 1. The van der Waals surface area contributed by atoms with Gasteiger partial charge in [-0.3, -0.25) is 4.79 Å². The lowest BCUT2D eigenvalue weighted by molar-refractivity contribution is 0.00178. The highest BCUT2D eigenvalue weighted by Gasteiger charge is 2.43. The molecule has 0 saturated heterocycles. The van der Waals surface area contributed by atoms with Crippen molar-refractivity contribution in [3.05, 3.63) is 52.1 Å². The van der Waals surface area contributed by atoms with Gasteiger partial charge in [0.15, 0.2) is 5.78 Å². The van der Waals surface area contributed by atoms with Gasteiger partial charge in [0.25, 0.3) is 0 Å². The van der Waals surface area contributed by atoms with Crippen molar-refractivity contribution in [2.24, 2.45) is 11.8 Å². The number of hydrogen-bond acceptors (Lipinski definition) is 4. The second-order valence-corrected chi connectivity index (χ2v) is 11.0. The molecule has 4 heteroatoms. The largest absolute Gasteiger partial charge is 0.507 e. The average Bonchev–Trinajstić information content (AvgIpc) is 2.76. The quantitative estimate of drug-likeness (QED) is 0.245. The molecule has 0 fully saturated rings. The summed E-state index contributed by atoms with van der Waals surface area (Å²) in [5.41, 5.74) is 4.28. The molecule has 0 aromatic heterocycles. The number of ketones is 1. The van der Waals surface area contributed by atoms with Crippen LogP contribution < -0.4 is 4.74 Å². The van der Waals surface area contributed by atoms with Gasteiger partial charge in [-0.15, -0.1) is 0 Å². The molecule has 0 saturated carbocycles. The highest BCUT2D eigenvalue weighted by molar-refractivity contribution is 6.03. The first-order chi connectivity index (χ1) is 16.4. The lowest BCUT2D eigenvalue weighted by atomic mass is 9.75. The molecule has 0 amide bonds. The van der Waals surface area contributed by atoms with Gasteiger partial charge in [0.1, 0.15) is 28.4 Å². The Balaban J connectivity index is 2.41. The summed E-state index contributed by atoms with van der Waals surface area (Å²) in [6, 6.07) is 1.30. The van der Waals surface area contributed by atoms with Crippen LogP contribution in [0, 0.1) is 11.8 Å². The first kappa shape index (κ1) is 28.7. The smallest absolute Gasteiger partial charge is 0.173 e. The van der Waals surface area contributed by atoms with E-state index in [0.717, 1.165) is 32.1 Å². The number of aromatic hydroxyl groups is 2. The summed E-state index contributed by atoms with van der Waals surface area (Å²) in [7, 11) is 0. The normalized spacial score (nSPS) is 20.5. The molecule has 1 aliphatic heterocycles. The number of phenols is 2. The van der Waals surface area contributed by atoms with Gasteiger partial charge >= 0.3 is 0 Å². The van der Waals surface area contributed by atoms with Crippen molar-refractivity contribution < 1.29 is 19.7 Å². The summed E-state index contributed by atoms with van der Waals surface area (Å²) in [6.07, 6.45) is 12.7. The molecule has 0 aliphatic carbocycles. The molecule has 0 radical (unpaired) electrons. The molecule has 1 aromatic rings. The van der Waals surface area contributed by atoms with Gasteiger partial charge in [0, 0.05) is 23.5 Å².